The molecule has 2 nitrogen and oxygen atoms in total. The summed E-state index contributed by atoms with van der Waals surface area (Å²) in [6.45, 7) is 0. The molecule has 0 aliphatic heterocycles. The first-order chi connectivity index (χ1) is 10.0. The second kappa shape index (κ2) is 6.56. The Labute approximate surface area is 157 Å². The second-order valence-corrected chi connectivity index (χ2v) is 8.75. The molecule has 2 aromatic carbocycles. The van der Waals surface area contributed by atoms with Crippen molar-refractivity contribution in [1.82, 2.24) is 0 Å². The molecule has 0 radical (unpaired) electrons. The summed E-state index contributed by atoms with van der Waals surface area (Å²) in [5.41, 5.74) is 0.451. The van der Waals surface area contributed by atoms with Crippen LogP contribution in [0.2, 0.25) is 30.1 Å². The molecule has 0 spiro atoms. The Morgan fingerprint density at radius 1 is 0.773 bits per heavy atom. The summed E-state index contributed by atoms with van der Waals surface area (Å²) < 4.78 is 23.7. The summed E-state index contributed by atoms with van der Waals surface area (Å²) in [6, 6.07) is 4.07. The number of hydrogen-bond acceptors (Lipinski definition) is 2. The van der Waals surface area contributed by atoms with Crippen LogP contribution in [0.4, 0.5) is 0 Å². The minimum absolute atomic E-state index is 0.0611. The van der Waals surface area contributed by atoms with Crippen LogP contribution in [-0.2, 0) is 9.84 Å². The highest BCUT2D eigenvalue weighted by Gasteiger charge is 2.23. The van der Waals surface area contributed by atoms with E-state index in [-0.39, 0.29) is 46.2 Å². The summed E-state index contributed by atoms with van der Waals surface area (Å²) in [7, 11) is -3.60. The molecule has 0 bridgehead atoms. The minimum Gasteiger partial charge on any atom is -0.224 e. The monoisotopic (exact) mass is 436 g/mol. The first-order valence-corrected chi connectivity index (χ1v) is 9.72. The van der Waals surface area contributed by atoms with Gasteiger partial charge < -0.3 is 0 Å². The maximum atomic E-state index is 11.8. The smallest absolute Gasteiger partial charge is 0.177 e. The number of hydrogen-bond donors (Lipinski definition) is 0. The van der Waals surface area contributed by atoms with Crippen LogP contribution >= 0.6 is 69.6 Å². The van der Waals surface area contributed by atoms with Gasteiger partial charge in [0, 0.05) is 22.4 Å². The predicted octanol–water partition coefficient (Wildman–Crippen LogP) is 6.68. The molecule has 2 aromatic rings. The molecule has 22 heavy (non-hydrogen) atoms. The second-order valence-electron chi connectivity index (χ2n) is 4.38. The molecule has 0 amide bonds. The molecule has 0 heterocycles. The van der Waals surface area contributed by atoms with Gasteiger partial charge in [0.1, 0.15) is 0 Å². The van der Waals surface area contributed by atoms with Crippen LogP contribution in [0, 0.1) is 0 Å². The van der Waals surface area contributed by atoms with Crippen molar-refractivity contribution < 1.29 is 8.42 Å². The van der Waals surface area contributed by atoms with Crippen molar-refractivity contribution in [3.63, 3.8) is 0 Å². The molecule has 2 rings (SSSR count). The van der Waals surface area contributed by atoms with Crippen molar-refractivity contribution in [1.29, 1.82) is 0 Å². The van der Waals surface area contributed by atoms with Gasteiger partial charge >= 0.3 is 0 Å². The van der Waals surface area contributed by atoms with Crippen molar-refractivity contribution in [3.8, 4) is 11.1 Å². The van der Waals surface area contributed by atoms with E-state index >= 15 is 0 Å². The van der Waals surface area contributed by atoms with Gasteiger partial charge in [-0.15, -0.1) is 0 Å². The van der Waals surface area contributed by atoms with Crippen LogP contribution < -0.4 is 0 Å². The van der Waals surface area contributed by atoms with Gasteiger partial charge in [0.2, 0.25) is 0 Å². The van der Waals surface area contributed by atoms with E-state index in [1.165, 1.54) is 18.2 Å². The minimum atomic E-state index is -3.60. The zero-order chi connectivity index (χ0) is 16.8. The largest absolute Gasteiger partial charge is 0.224 e. The Morgan fingerprint density at radius 3 is 1.73 bits per heavy atom. The molecule has 0 unspecified atom stereocenters. The van der Waals surface area contributed by atoms with Gasteiger partial charge in [-0.1, -0.05) is 69.6 Å². The normalized spacial score (nSPS) is 11.8. The lowest BCUT2D eigenvalue weighted by Crippen LogP contribution is -2.00. The standard InChI is InChI=1S/C13H6Cl6O2S/c1-22(20,21)9-3-5(14)2-6(11(9)17)10-12(18)7(15)4-8(16)13(10)19/h2-4H,1H3. The van der Waals surface area contributed by atoms with E-state index < -0.39 is 9.84 Å². The van der Waals surface area contributed by atoms with Crippen LogP contribution in [0.25, 0.3) is 11.1 Å². The highest BCUT2D eigenvalue weighted by molar-refractivity contribution is 7.90. The average molecular weight is 439 g/mol. The molecular formula is C13H6Cl6O2S. The fourth-order valence-electron chi connectivity index (χ4n) is 1.83. The number of rotatable bonds is 2. The van der Waals surface area contributed by atoms with Crippen molar-refractivity contribution in [2.75, 3.05) is 6.26 Å². The van der Waals surface area contributed by atoms with Crippen molar-refractivity contribution in [2.24, 2.45) is 0 Å². The van der Waals surface area contributed by atoms with Gasteiger partial charge in [-0.3, -0.25) is 0 Å². The first-order valence-electron chi connectivity index (χ1n) is 5.56. The number of sulfone groups is 1. The average Bonchev–Trinajstić information content (AvgIpc) is 2.39. The van der Waals surface area contributed by atoms with Crippen molar-refractivity contribution >= 4 is 79.4 Å². The van der Waals surface area contributed by atoms with Gasteiger partial charge in [0.25, 0.3) is 0 Å². The van der Waals surface area contributed by atoms with E-state index in [2.05, 4.69) is 0 Å². The molecule has 0 aliphatic rings. The third kappa shape index (κ3) is 3.46. The van der Waals surface area contributed by atoms with E-state index in [0.29, 0.717) is 0 Å². The fraction of sp³-hybridized carbons (Fsp3) is 0.0769. The van der Waals surface area contributed by atoms with Crippen LogP contribution in [0.3, 0.4) is 0 Å². The van der Waals surface area contributed by atoms with E-state index in [4.69, 9.17) is 69.6 Å². The van der Waals surface area contributed by atoms with Crippen LogP contribution in [0.1, 0.15) is 0 Å². The van der Waals surface area contributed by atoms with Gasteiger partial charge in [-0.2, -0.15) is 0 Å². The zero-order valence-corrected chi connectivity index (χ0v) is 16.1. The molecule has 0 aliphatic carbocycles. The van der Waals surface area contributed by atoms with Gasteiger partial charge in [-0.25, -0.2) is 8.42 Å². The molecule has 9 heteroatoms. The Balaban J connectivity index is 2.95. The van der Waals surface area contributed by atoms with Crippen LogP contribution in [-0.4, -0.2) is 14.7 Å². The molecule has 118 valence electrons. The molecular weight excluding hydrogens is 433 g/mol. The lowest BCUT2D eigenvalue weighted by atomic mass is 10.1. The molecule has 0 saturated carbocycles. The summed E-state index contributed by atoms with van der Waals surface area (Å²) in [6.07, 6.45) is 1.02. The van der Waals surface area contributed by atoms with E-state index in [1.807, 2.05) is 0 Å². The zero-order valence-electron chi connectivity index (χ0n) is 10.7. The third-order valence-corrected chi connectivity index (χ3v) is 6.22. The molecule has 0 saturated heterocycles. The summed E-state index contributed by atoms with van der Waals surface area (Å²) >= 11 is 36.5. The maximum absolute atomic E-state index is 11.8. The highest BCUT2D eigenvalue weighted by atomic mass is 35.5. The summed E-state index contributed by atoms with van der Waals surface area (Å²) in [5, 5.41) is 0.600. The van der Waals surface area contributed by atoms with E-state index in [9.17, 15) is 8.42 Å². The Hall–Kier alpha value is 0.130. The third-order valence-electron chi connectivity index (χ3n) is 2.78. The maximum Gasteiger partial charge on any atom is 0.177 e. The van der Waals surface area contributed by atoms with Crippen LogP contribution in [0.5, 0.6) is 0 Å². The lowest BCUT2D eigenvalue weighted by Gasteiger charge is -2.14. The predicted molar refractivity (Wildman–Crippen MR) is 95.0 cm³/mol. The summed E-state index contributed by atoms with van der Waals surface area (Å²) in [4.78, 5) is -0.139. The highest BCUT2D eigenvalue weighted by Crippen LogP contribution is 2.47. The quantitative estimate of drug-likeness (QED) is 0.490. The topological polar surface area (TPSA) is 34.1 Å². The van der Waals surface area contributed by atoms with E-state index in [0.717, 1.165) is 6.26 Å². The van der Waals surface area contributed by atoms with Crippen molar-refractivity contribution in [2.45, 2.75) is 4.90 Å². The van der Waals surface area contributed by atoms with Crippen molar-refractivity contribution in [3.05, 3.63) is 48.3 Å². The Morgan fingerprint density at radius 2 is 1.27 bits per heavy atom. The molecule has 0 aromatic heterocycles. The van der Waals surface area contributed by atoms with Gasteiger partial charge in [-0.05, 0) is 18.2 Å². The number of halogens is 6. The Bertz CT molecular complexity index is 851. The first kappa shape index (κ1) is 18.5. The lowest BCUT2D eigenvalue weighted by molar-refractivity contribution is 0.602. The molecule has 0 fully saturated rings. The van der Waals surface area contributed by atoms with Gasteiger partial charge in [0.05, 0.1) is 30.0 Å². The SMILES string of the molecule is CS(=O)(=O)c1cc(Cl)cc(-c2c(Cl)c(Cl)cc(Cl)c2Cl)c1Cl. The van der Waals surface area contributed by atoms with E-state index in [1.54, 1.807) is 0 Å². The van der Waals surface area contributed by atoms with Crippen LogP contribution in [0.15, 0.2) is 23.1 Å². The molecule has 0 atom stereocenters. The summed E-state index contributed by atoms with van der Waals surface area (Å²) in [5.74, 6) is 0. The number of benzene rings is 2. The fourth-order valence-corrected chi connectivity index (χ4v) is 4.52. The van der Waals surface area contributed by atoms with Gasteiger partial charge in [0.15, 0.2) is 9.84 Å². The molecule has 0 N–H and O–H groups in total. The Kier molecular flexibility index (Phi) is 5.51.